The summed E-state index contributed by atoms with van der Waals surface area (Å²) in [6.45, 7) is 0. The highest BCUT2D eigenvalue weighted by molar-refractivity contribution is 6.10. The molecule has 18 heavy (non-hydrogen) atoms. The van der Waals surface area contributed by atoms with Crippen molar-refractivity contribution in [3.63, 3.8) is 0 Å². The zero-order chi connectivity index (χ0) is 13.3. The quantitative estimate of drug-likeness (QED) is 0.712. The van der Waals surface area contributed by atoms with Gasteiger partial charge in [-0.2, -0.15) is 0 Å². The molecule has 0 atom stereocenters. The van der Waals surface area contributed by atoms with Crippen molar-refractivity contribution < 1.29 is 24.5 Å². The molecule has 0 radical (unpaired) electrons. The number of phenolic OH excluding ortho intramolecular Hbond substituents is 3. The maximum Gasteiger partial charge on any atom is 0.196 e. The van der Waals surface area contributed by atoms with Crippen molar-refractivity contribution in [1.82, 2.24) is 0 Å². The third-order valence-corrected chi connectivity index (χ3v) is 2.44. The van der Waals surface area contributed by atoms with Gasteiger partial charge in [-0.3, -0.25) is 4.79 Å². The Bertz CT molecular complexity index is 622. The first-order valence-corrected chi connectivity index (χ1v) is 5.04. The number of phenols is 3. The van der Waals surface area contributed by atoms with E-state index in [2.05, 4.69) is 0 Å². The van der Waals surface area contributed by atoms with Crippen LogP contribution in [0.25, 0.3) is 0 Å². The van der Waals surface area contributed by atoms with E-state index < -0.39 is 23.1 Å². The van der Waals surface area contributed by atoms with Gasteiger partial charge in [0.25, 0.3) is 0 Å². The Morgan fingerprint density at radius 3 is 2.28 bits per heavy atom. The Balaban J connectivity index is 2.44. The molecule has 0 aromatic heterocycles. The summed E-state index contributed by atoms with van der Waals surface area (Å²) in [5, 5.41) is 27.6. The molecule has 0 bridgehead atoms. The van der Waals surface area contributed by atoms with Crippen LogP contribution in [0.1, 0.15) is 15.9 Å². The fraction of sp³-hybridized carbons (Fsp3) is 0. The molecule has 2 aromatic rings. The van der Waals surface area contributed by atoms with E-state index in [0.717, 1.165) is 18.2 Å². The first-order valence-electron chi connectivity index (χ1n) is 5.04. The minimum Gasteiger partial charge on any atom is -0.508 e. The molecule has 0 aliphatic rings. The van der Waals surface area contributed by atoms with Crippen molar-refractivity contribution in [2.24, 2.45) is 0 Å². The van der Waals surface area contributed by atoms with Crippen molar-refractivity contribution in [3.8, 4) is 17.2 Å². The van der Waals surface area contributed by atoms with Crippen molar-refractivity contribution in [2.75, 3.05) is 0 Å². The fourth-order valence-electron chi connectivity index (χ4n) is 1.52. The predicted octanol–water partition coefficient (Wildman–Crippen LogP) is 2.17. The number of benzene rings is 2. The SMILES string of the molecule is O=C(c1ccc(O)c(F)c1)c1ccc(O)cc1O. The van der Waals surface area contributed by atoms with Gasteiger partial charge in [0.05, 0.1) is 5.56 Å². The summed E-state index contributed by atoms with van der Waals surface area (Å²) < 4.78 is 13.1. The highest BCUT2D eigenvalue weighted by Gasteiger charge is 2.15. The average Bonchev–Trinajstić information content (AvgIpc) is 2.32. The molecule has 0 amide bonds. The summed E-state index contributed by atoms with van der Waals surface area (Å²) >= 11 is 0. The molecule has 2 aromatic carbocycles. The normalized spacial score (nSPS) is 10.3. The van der Waals surface area contributed by atoms with Crippen LogP contribution in [0.2, 0.25) is 0 Å². The lowest BCUT2D eigenvalue weighted by Crippen LogP contribution is -2.02. The van der Waals surface area contributed by atoms with Gasteiger partial charge in [-0.05, 0) is 30.3 Å². The molecule has 0 fully saturated rings. The van der Waals surface area contributed by atoms with E-state index in [9.17, 15) is 14.3 Å². The molecule has 0 heterocycles. The maximum absolute atomic E-state index is 13.1. The third kappa shape index (κ3) is 2.10. The Morgan fingerprint density at radius 2 is 1.67 bits per heavy atom. The van der Waals surface area contributed by atoms with Gasteiger partial charge < -0.3 is 15.3 Å². The maximum atomic E-state index is 13.1. The lowest BCUT2D eigenvalue weighted by molar-refractivity contribution is 0.103. The number of carbonyl (C=O) groups is 1. The predicted molar refractivity (Wildman–Crippen MR) is 61.3 cm³/mol. The molecule has 92 valence electrons. The number of hydrogen-bond acceptors (Lipinski definition) is 4. The van der Waals surface area contributed by atoms with Gasteiger partial charge >= 0.3 is 0 Å². The van der Waals surface area contributed by atoms with Crippen molar-refractivity contribution in [2.45, 2.75) is 0 Å². The second-order valence-corrected chi connectivity index (χ2v) is 3.70. The van der Waals surface area contributed by atoms with E-state index in [0.29, 0.717) is 0 Å². The molecule has 0 aliphatic carbocycles. The number of rotatable bonds is 2. The number of halogens is 1. The lowest BCUT2D eigenvalue weighted by atomic mass is 10.0. The van der Waals surface area contributed by atoms with Crippen molar-refractivity contribution in [1.29, 1.82) is 0 Å². The first kappa shape index (κ1) is 11.9. The summed E-state index contributed by atoms with van der Waals surface area (Å²) in [5.74, 6) is -2.65. The molecule has 5 heteroatoms. The van der Waals surface area contributed by atoms with Crippen LogP contribution in [0.5, 0.6) is 17.2 Å². The number of carbonyl (C=O) groups excluding carboxylic acids is 1. The molecular weight excluding hydrogens is 239 g/mol. The Hall–Kier alpha value is -2.56. The second kappa shape index (κ2) is 4.37. The second-order valence-electron chi connectivity index (χ2n) is 3.70. The van der Waals surface area contributed by atoms with Gasteiger partial charge in [-0.25, -0.2) is 4.39 Å². The minimum atomic E-state index is -0.917. The number of aromatic hydroxyl groups is 3. The Labute approximate surface area is 102 Å². The van der Waals surface area contributed by atoms with Crippen LogP contribution in [-0.2, 0) is 0 Å². The molecule has 4 nitrogen and oxygen atoms in total. The van der Waals surface area contributed by atoms with E-state index >= 15 is 0 Å². The summed E-state index contributed by atoms with van der Waals surface area (Å²) in [7, 11) is 0. The van der Waals surface area contributed by atoms with Gasteiger partial charge in [0.15, 0.2) is 17.3 Å². The highest BCUT2D eigenvalue weighted by atomic mass is 19.1. The molecule has 0 saturated carbocycles. The van der Waals surface area contributed by atoms with Crippen LogP contribution in [0.4, 0.5) is 4.39 Å². The molecule has 0 saturated heterocycles. The van der Waals surface area contributed by atoms with Crippen LogP contribution in [0, 0.1) is 5.82 Å². The highest BCUT2D eigenvalue weighted by Crippen LogP contribution is 2.26. The third-order valence-electron chi connectivity index (χ3n) is 2.44. The van der Waals surface area contributed by atoms with E-state index in [1.807, 2.05) is 0 Å². The average molecular weight is 248 g/mol. The smallest absolute Gasteiger partial charge is 0.196 e. The molecule has 0 spiro atoms. The Kier molecular flexibility index (Phi) is 2.89. The number of hydrogen-bond donors (Lipinski definition) is 3. The molecule has 2 rings (SSSR count). The van der Waals surface area contributed by atoms with Crippen LogP contribution in [0.3, 0.4) is 0 Å². The zero-order valence-electron chi connectivity index (χ0n) is 9.09. The van der Waals surface area contributed by atoms with E-state index in [1.54, 1.807) is 0 Å². The molecule has 0 unspecified atom stereocenters. The van der Waals surface area contributed by atoms with Crippen molar-refractivity contribution in [3.05, 3.63) is 53.3 Å². The summed E-state index contributed by atoms with van der Waals surface area (Å²) in [6, 6.07) is 6.67. The standard InChI is InChI=1S/C13H9FO4/c14-10-5-7(1-4-11(10)16)13(18)9-3-2-8(15)6-12(9)17/h1-6,15-17H. The topological polar surface area (TPSA) is 77.8 Å². The largest absolute Gasteiger partial charge is 0.508 e. The first-order chi connectivity index (χ1) is 8.49. The van der Waals surface area contributed by atoms with Gasteiger partial charge in [-0.1, -0.05) is 0 Å². The summed E-state index contributed by atoms with van der Waals surface area (Å²) in [4.78, 5) is 12.0. The molecular formula is C13H9FO4. The van der Waals surface area contributed by atoms with Crippen LogP contribution >= 0.6 is 0 Å². The van der Waals surface area contributed by atoms with Crippen LogP contribution in [-0.4, -0.2) is 21.1 Å². The van der Waals surface area contributed by atoms with Crippen LogP contribution in [0.15, 0.2) is 36.4 Å². The number of ketones is 1. The lowest BCUT2D eigenvalue weighted by Gasteiger charge is -2.05. The van der Waals surface area contributed by atoms with Crippen LogP contribution < -0.4 is 0 Å². The fourth-order valence-corrected chi connectivity index (χ4v) is 1.52. The van der Waals surface area contributed by atoms with Gasteiger partial charge in [0.1, 0.15) is 11.5 Å². The van der Waals surface area contributed by atoms with Crippen molar-refractivity contribution >= 4 is 5.78 Å². The molecule has 3 N–H and O–H groups in total. The molecule has 0 aliphatic heterocycles. The van der Waals surface area contributed by atoms with Gasteiger partial charge in [0, 0.05) is 11.6 Å². The van der Waals surface area contributed by atoms with E-state index in [1.165, 1.54) is 18.2 Å². The monoisotopic (exact) mass is 248 g/mol. The minimum absolute atomic E-state index is 0.00807. The van der Waals surface area contributed by atoms with E-state index in [4.69, 9.17) is 10.2 Å². The van der Waals surface area contributed by atoms with Gasteiger partial charge in [0.2, 0.25) is 0 Å². The van der Waals surface area contributed by atoms with E-state index in [-0.39, 0.29) is 16.9 Å². The Morgan fingerprint density at radius 1 is 0.944 bits per heavy atom. The van der Waals surface area contributed by atoms with Gasteiger partial charge in [-0.15, -0.1) is 0 Å². The summed E-state index contributed by atoms with van der Waals surface area (Å²) in [6.07, 6.45) is 0. The zero-order valence-corrected chi connectivity index (χ0v) is 9.09. The summed E-state index contributed by atoms with van der Waals surface area (Å²) in [5.41, 5.74) is -0.0656.